The minimum absolute atomic E-state index is 0.103. The molecule has 2 aliphatic rings. The van der Waals surface area contributed by atoms with Crippen LogP contribution in [0.2, 0.25) is 0 Å². The number of thiazole rings is 1. The summed E-state index contributed by atoms with van der Waals surface area (Å²) < 4.78 is 34.2. The second-order valence-electron chi connectivity index (χ2n) is 8.23. The van der Waals surface area contributed by atoms with E-state index in [4.69, 9.17) is 9.72 Å². The molecule has 10 heteroatoms. The van der Waals surface area contributed by atoms with Crippen LogP contribution >= 0.6 is 11.3 Å². The first-order valence-electron chi connectivity index (χ1n) is 11.0. The first kappa shape index (κ1) is 22.1. The van der Waals surface area contributed by atoms with E-state index < -0.39 is 16.1 Å². The minimum atomic E-state index is -3.75. The Morgan fingerprint density at radius 1 is 1.03 bits per heavy atom. The van der Waals surface area contributed by atoms with E-state index in [0.29, 0.717) is 51.3 Å². The van der Waals surface area contributed by atoms with Gasteiger partial charge in [-0.05, 0) is 49.2 Å². The van der Waals surface area contributed by atoms with Crippen LogP contribution in [0.1, 0.15) is 12.8 Å². The quantitative estimate of drug-likeness (QED) is 0.552. The van der Waals surface area contributed by atoms with E-state index in [1.165, 1.54) is 23.5 Å². The molecule has 0 aliphatic carbocycles. The molecule has 2 fully saturated rings. The molecule has 2 aromatic carbocycles. The summed E-state index contributed by atoms with van der Waals surface area (Å²) in [7, 11) is -2.22. The van der Waals surface area contributed by atoms with Crippen LogP contribution in [0.25, 0.3) is 10.2 Å². The first-order chi connectivity index (χ1) is 16.0. The fraction of sp³-hybridized carbons (Fsp3) is 0.391. The molecule has 8 nitrogen and oxygen atoms in total. The van der Waals surface area contributed by atoms with Crippen LogP contribution in [0, 0.1) is 0 Å². The van der Waals surface area contributed by atoms with Crippen LogP contribution in [0.15, 0.2) is 53.4 Å². The van der Waals surface area contributed by atoms with Gasteiger partial charge in [-0.2, -0.15) is 4.31 Å². The molecule has 174 valence electrons. The maximum atomic E-state index is 13.3. The Morgan fingerprint density at radius 3 is 2.45 bits per heavy atom. The molecular weight excluding hydrogens is 460 g/mol. The Kier molecular flexibility index (Phi) is 5.98. The van der Waals surface area contributed by atoms with Gasteiger partial charge in [0.15, 0.2) is 5.13 Å². The number of amides is 1. The fourth-order valence-electron chi connectivity index (χ4n) is 4.48. The van der Waals surface area contributed by atoms with Crippen LogP contribution < -0.4 is 9.64 Å². The number of carbonyl (C=O) groups excluding carboxylic acids is 1. The Balaban J connectivity index is 1.27. The van der Waals surface area contributed by atoms with Gasteiger partial charge in [0.2, 0.25) is 15.9 Å². The summed E-state index contributed by atoms with van der Waals surface area (Å²) in [5, 5.41) is 0.966. The zero-order valence-corrected chi connectivity index (χ0v) is 20.0. The summed E-state index contributed by atoms with van der Waals surface area (Å²) in [5.41, 5.74) is 0.987. The summed E-state index contributed by atoms with van der Waals surface area (Å²) in [6.45, 7) is 2.84. The SMILES string of the molecule is COc1ccc(S(=O)(=O)N2CCC[C@H]2C(=O)N2CCN(c3nc4ccccc4s3)CC2)cc1. The van der Waals surface area contributed by atoms with Crippen LogP contribution in [-0.2, 0) is 14.8 Å². The number of para-hydroxylation sites is 1. The molecule has 0 saturated carbocycles. The van der Waals surface area contributed by atoms with Crippen molar-refractivity contribution in [3.8, 4) is 5.75 Å². The number of nitrogens with zero attached hydrogens (tertiary/aromatic N) is 4. The topological polar surface area (TPSA) is 83.0 Å². The van der Waals surface area contributed by atoms with Gasteiger partial charge in [0.05, 0.1) is 22.2 Å². The van der Waals surface area contributed by atoms with Crippen molar-refractivity contribution in [1.82, 2.24) is 14.2 Å². The number of rotatable bonds is 5. The molecule has 2 aliphatic heterocycles. The Hall–Kier alpha value is -2.69. The lowest BCUT2D eigenvalue weighted by molar-refractivity contribution is -0.134. The molecule has 0 unspecified atom stereocenters. The first-order valence-corrected chi connectivity index (χ1v) is 13.3. The van der Waals surface area contributed by atoms with Crippen molar-refractivity contribution in [2.24, 2.45) is 0 Å². The second kappa shape index (κ2) is 8.92. The molecule has 33 heavy (non-hydrogen) atoms. The van der Waals surface area contributed by atoms with Gasteiger partial charge in [-0.15, -0.1) is 0 Å². The largest absolute Gasteiger partial charge is 0.497 e. The molecule has 1 amide bonds. The number of hydrogen-bond donors (Lipinski definition) is 0. The van der Waals surface area contributed by atoms with Crippen molar-refractivity contribution >= 4 is 42.6 Å². The fourth-order valence-corrected chi connectivity index (χ4v) is 7.15. The number of piperazine rings is 1. The van der Waals surface area contributed by atoms with Crippen molar-refractivity contribution in [3.05, 3.63) is 48.5 Å². The summed E-state index contributed by atoms with van der Waals surface area (Å²) in [6.07, 6.45) is 1.23. The zero-order valence-electron chi connectivity index (χ0n) is 18.4. The van der Waals surface area contributed by atoms with E-state index in [-0.39, 0.29) is 10.8 Å². The van der Waals surface area contributed by atoms with E-state index in [0.717, 1.165) is 15.3 Å². The van der Waals surface area contributed by atoms with Crippen molar-refractivity contribution in [2.45, 2.75) is 23.8 Å². The van der Waals surface area contributed by atoms with Gasteiger partial charge in [0.1, 0.15) is 11.8 Å². The number of anilines is 1. The van der Waals surface area contributed by atoms with Crippen LogP contribution in [0.4, 0.5) is 5.13 Å². The van der Waals surface area contributed by atoms with Crippen LogP contribution in [0.5, 0.6) is 5.75 Å². The molecule has 2 saturated heterocycles. The molecular formula is C23H26N4O4S2. The van der Waals surface area contributed by atoms with Gasteiger partial charge in [-0.3, -0.25) is 4.79 Å². The van der Waals surface area contributed by atoms with E-state index in [2.05, 4.69) is 11.0 Å². The molecule has 0 radical (unpaired) electrons. The third kappa shape index (κ3) is 4.18. The van der Waals surface area contributed by atoms with Gasteiger partial charge < -0.3 is 14.5 Å². The van der Waals surface area contributed by atoms with Crippen molar-refractivity contribution in [2.75, 3.05) is 44.7 Å². The van der Waals surface area contributed by atoms with Gasteiger partial charge in [0, 0.05) is 32.7 Å². The molecule has 3 aromatic rings. The molecule has 0 bridgehead atoms. The third-order valence-corrected chi connectivity index (χ3v) is 9.32. The maximum Gasteiger partial charge on any atom is 0.243 e. The molecule has 1 atom stereocenters. The normalized spacial score (nSPS) is 19.8. The second-order valence-corrected chi connectivity index (χ2v) is 11.1. The van der Waals surface area contributed by atoms with Crippen molar-refractivity contribution < 1.29 is 17.9 Å². The standard InChI is InChI=1S/C23H26N4O4S2/c1-31-17-8-10-18(11-9-17)33(29,30)27-12-4-6-20(27)22(28)25-13-15-26(16-14-25)23-24-19-5-2-3-7-21(19)32-23/h2-3,5,7-11,20H,4,6,12-16H2,1H3/t20-/m0/s1. The van der Waals surface area contributed by atoms with Crippen LogP contribution in [0.3, 0.4) is 0 Å². The highest BCUT2D eigenvalue weighted by Gasteiger charge is 2.41. The van der Waals surface area contributed by atoms with Gasteiger partial charge >= 0.3 is 0 Å². The lowest BCUT2D eigenvalue weighted by Crippen LogP contribution is -2.54. The van der Waals surface area contributed by atoms with Gasteiger partial charge in [-0.1, -0.05) is 23.5 Å². The summed E-state index contributed by atoms with van der Waals surface area (Å²) in [4.78, 5) is 22.2. The third-order valence-electron chi connectivity index (χ3n) is 6.30. The maximum absolute atomic E-state index is 13.3. The number of aromatic nitrogens is 1. The van der Waals surface area contributed by atoms with E-state index >= 15 is 0 Å². The number of carbonyl (C=O) groups is 1. The smallest absolute Gasteiger partial charge is 0.243 e. The minimum Gasteiger partial charge on any atom is -0.497 e. The number of benzene rings is 2. The Labute approximate surface area is 197 Å². The number of hydrogen-bond acceptors (Lipinski definition) is 7. The number of methoxy groups -OCH3 is 1. The number of sulfonamides is 1. The summed E-state index contributed by atoms with van der Waals surface area (Å²) >= 11 is 1.66. The average Bonchev–Trinajstić information content (AvgIpc) is 3.52. The van der Waals surface area contributed by atoms with Crippen molar-refractivity contribution in [3.63, 3.8) is 0 Å². The lowest BCUT2D eigenvalue weighted by Gasteiger charge is -2.37. The highest BCUT2D eigenvalue weighted by molar-refractivity contribution is 7.89. The Bertz CT molecular complexity index is 1220. The predicted molar refractivity (Wildman–Crippen MR) is 128 cm³/mol. The predicted octanol–water partition coefficient (Wildman–Crippen LogP) is 2.81. The molecule has 3 heterocycles. The summed E-state index contributed by atoms with van der Waals surface area (Å²) in [5.74, 6) is 0.488. The van der Waals surface area contributed by atoms with Crippen molar-refractivity contribution in [1.29, 1.82) is 0 Å². The lowest BCUT2D eigenvalue weighted by atomic mass is 10.2. The molecule has 0 N–H and O–H groups in total. The Morgan fingerprint density at radius 2 is 1.76 bits per heavy atom. The average molecular weight is 487 g/mol. The molecule has 0 spiro atoms. The van der Waals surface area contributed by atoms with Gasteiger partial charge in [-0.25, -0.2) is 13.4 Å². The van der Waals surface area contributed by atoms with E-state index in [1.807, 2.05) is 18.2 Å². The molecule has 1 aromatic heterocycles. The highest BCUT2D eigenvalue weighted by atomic mass is 32.2. The number of ether oxygens (including phenoxy) is 1. The monoisotopic (exact) mass is 486 g/mol. The van der Waals surface area contributed by atoms with Gasteiger partial charge in [0.25, 0.3) is 0 Å². The molecule has 5 rings (SSSR count). The zero-order chi connectivity index (χ0) is 23.0. The number of fused-ring (bicyclic) bond motifs is 1. The highest BCUT2D eigenvalue weighted by Crippen LogP contribution is 2.31. The van der Waals surface area contributed by atoms with E-state index in [1.54, 1.807) is 28.4 Å². The van der Waals surface area contributed by atoms with E-state index in [9.17, 15) is 13.2 Å². The summed E-state index contributed by atoms with van der Waals surface area (Å²) in [6, 6.07) is 13.7. The van der Waals surface area contributed by atoms with Crippen LogP contribution in [-0.4, -0.2) is 74.4 Å².